The molecule has 2 amide bonds. The van der Waals surface area contributed by atoms with E-state index in [1.165, 1.54) is 19.3 Å². The maximum absolute atomic E-state index is 13.3. The first-order valence-corrected chi connectivity index (χ1v) is 11.6. The van der Waals surface area contributed by atoms with Gasteiger partial charge < -0.3 is 15.5 Å². The van der Waals surface area contributed by atoms with E-state index >= 15 is 0 Å². The molecular weight excluding hydrogens is 378 g/mol. The zero-order valence-corrected chi connectivity index (χ0v) is 18.2. The van der Waals surface area contributed by atoms with E-state index in [-0.39, 0.29) is 11.8 Å². The van der Waals surface area contributed by atoms with E-state index in [0.29, 0.717) is 23.1 Å². The quantitative estimate of drug-likeness (QED) is 0.683. The smallest absolute Gasteiger partial charge is 0.278 e. The maximum Gasteiger partial charge on any atom is 0.278 e. The minimum absolute atomic E-state index is 0.0451. The van der Waals surface area contributed by atoms with Crippen molar-refractivity contribution in [3.05, 3.63) is 29.8 Å². The number of amides is 2. The first kappa shape index (κ1) is 21.3. The Morgan fingerprint density at radius 2 is 1.73 bits per heavy atom. The lowest BCUT2D eigenvalue weighted by Gasteiger charge is -2.45. The Bertz CT molecular complexity index is 732. The van der Waals surface area contributed by atoms with Crippen LogP contribution in [0.5, 0.6) is 0 Å². The maximum atomic E-state index is 13.3. The van der Waals surface area contributed by atoms with Gasteiger partial charge in [-0.2, -0.15) is 0 Å². The number of nitrogens with one attached hydrogen (secondary N) is 2. The summed E-state index contributed by atoms with van der Waals surface area (Å²) in [5.41, 5.74) is 1.80. The van der Waals surface area contributed by atoms with Crippen LogP contribution in [0.4, 0.5) is 5.69 Å². The second-order valence-corrected chi connectivity index (χ2v) is 8.91. The number of carbonyl (C=O) groups is 2. The second-order valence-electron chi connectivity index (χ2n) is 8.91. The van der Waals surface area contributed by atoms with Crippen molar-refractivity contribution in [2.75, 3.05) is 65.4 Å². The number of carbonyl (C=O) groups excluding carboxylic acids is 2. The molecule has 7 heteroatoms. The Labute approximate surface area is 180 Å². The van der Waals surface area contributed by atoms with Gasteiger partial charge >= 0.3 is 0 Å². The van der Waals surface area contributed by atoms with Gasteiger partial charge in [0.15, 0.2) is 6.54 Å². The molecule has 0 radical (unpaired) electrons. The number of quaternary nitrogens is 1. The molecule has 2 N–H and O–H groups in total. The molecule has 0 unspecified atom stereocenters. The lowest BCUT2D eigenvalue weighted by molar-refractivity contribution is -0.134. The van der Waals surface area contributed by atoms with E-state index in [9.17, 15) is 9.59 Å². The molecule has 1 aromatic carbocycles. The molecule has 1 aliphatic carbocycles. The third kappa shape index (κ3) is 4.53. The van der Waals surface area contributed by atoms with E-state index < -0.39 is 0 Å². The zero-order valence-electron chi connectivity index (χ0n) is 18.2. The summed E-state index contributed by atoms with van der Waals surface area (Å²) >= 11 is 0. The number of piperazine rings is 2. The zero-order chi connectivity index (χ0) is 21.0. The van der Waals surface area contributed by atoms with E-state index in [4.69, 9.17) is 0 Å². The Kier molecular flexibility index (Phi) is 6.71. The number of hydrogen-bond acceptors (Lipinski definition) is 4. The highest BCUT2D eigenvalue weighted by atomic mass is 16.2. The van der Waals surface area contributed by atoms with E-state index in [0.717, 1.165) is 64.1 Å². The summed E-state index contributed by atoms with van der Waals surface area (Å²) < 4.78 is 0.671. The van der Waals surface area contributed by atoms with Gasteiger partial charge in [-0.25, -0.2) is 0 Å². The van der Waals surface area contributed by atoms with Gasteiger partial charge in [-0.1, -0.05) is 6.42 Å². The molecule has 1 saturated carbocycles. The predicted molar refractivity (Wildman–Crippen MR) is 120 cm³/mol. The van der Waals surface area contributed by atoms with Crippen molar-refractivity contribution in [2.24, 2.45) is 0 Å². The van der Waals surface area contributed by atoms with Gasteiger partial charge in [-0.05, 0) is 44.0 Å². The Morgan fingerprint density at radius 3 is 2.30 bits per heavy atom. The lowest BCUT2D eigenvalue weighted by atomic mass is 9.91. The summed E-state index contributed by atoms with van der Waals surface area (Å²) in [6, 6.07) is 8.63. The van der Waals surface area contributed by atoms with Crippen molar-refractivity contribution in [3.8, 4) is 0 Å². The molecule has 0 atom stereocenters. The van der Waals surface area contributed by atoms with Gasteiger partial charge in [0.05, 0.1) is 13.1 Å². The summed E-state index contributed by atoms with van der Waals surface area (Å²) in [5.74, 6) is 0.217. The molecule has 1 aromatic rings. The molecule has 7 nitrogen and oxygen atoms in total. The van der Waals surface area contributed by atoms with E-state index in [1.807, 2.05) is 31.2 Å². The summed E-state index contributed by atoms with van der Waals surface area (Å²) in [5, 5.41) is 6.27. The van der Waals surface area contributed by atoms with Crippen molar-refractivity contribution in [1.29, 1.82) is 0 Å². The largest absolute Gasteiger partial charge is 0.352 e. The lowest BCUT2D eigenvalue weighted by Crippen LogP contribution is -2.64. The van der Waals surface area contributed by atoms with Gasteiger partial charge in [0, 0.05) is 57.4 Å². The topological polar surface area (TPSA) is 64.7 Å². The van der Waals surface area contributed by atoms with Gasteiger partial charge in [0.25, 0.3) is 11.8 Å². The Balaban J connectivity index is 1.43. The highest BCUT2D eigenvalue weighted by Crippen LogP contribution is 2.27. The molecule has 30 heavy (non-hydrogen) atoms. The van der Waals surface area contributed by atoms with Crippen LogP contribution in [-0.2, 0) is 4.79 Å². The van der Waals surface area contributed by atoms with Crippen LogP contribution < -0.4 is 15.1 Å². The van der Waals surface area contributed by atoms with E-state index in [2.05, 4.69) is 20.4 Å². The van der Waals surface area contributed by atoms with Crippen LogP contribution in [0.1, 0.15) is 36.5 Å². The molecule has 164 valence electrons. The second kappa shape index (κ2) is 9.45. The number of rotatable bonds is 6. The standard InChI is InChI=1S/C23H35N5O2/c1-2-25-23(30)19-6-8-21(9-7-19)28(16-10-24-11-17-28)18-22(29)27-14-12-26(13-15-27)20-4-3-5-20/h6-9,20,24H,2-5,10-18H2,1H3/p+1. The van der Waals surface area contributed by atoms with Crippen molar-refractivity contribution in [2.45, 2.75) is 32.2 Å². The molecule has 2 saturated heterocycles. The summed E-state index contributed by atoms with van der Waals surface area (Å²) in [4.78, 5) is 30.0. The molecule has 2 aliphatic heterocycles. The third-order valence-electron chi connectivity index (χ3n) is 7.14. The monoisotopic (exact) mass is 414 g/mol. The molecule has 3 fully saturated rings. The molecule has 0 aromatic heterocycles. The number of hydrogen-bond donors (Lipinski definition) is 2. The molecular formula is C23H36N5O2+. The summed E-state index contributed by atoms with van der Waals surface area (Å²) in [7, 11) is 0. The van der Waals surface area contributed by atoms with Crippen LogP contribution in [-0.4, -0.2) is 93.1 Å². The number of nitrogens with zero attached hydrogens (tertiary/aromatic N) is 3. The predicted octanol–water partition coefficient (Wildman–Crippen LogP) is 1.04. The van der Waals surface area contributed by atoms with Gasteiger partial charge in [-0.3, -0.25) is 19.0 Å². The SMILES string of the molecule is CCNC(=O)c1ccc([N+]2(CC(=O)N3CCN(C4CCC4)CC3)CCNCC2)cc1. The molecule has 2 heterocycles. The third-order valence-corrected chi connectivity index (χ3v) is 7.14. The fourth-order valence-corrected chi connectivity index (χ4v) is 4.97. The summed E-state index contributed by atoms with van der Waals surface area (Å²) in [6.07, 6.45) is 4.01. The van der Waals surface area contributed by atoms with Crippen LogP contribution in [0.25, 0.3) is 0 Å². The van der Waals surface area contributed by atoms with Gasteiger partial charge in [0.2, 0.25) is 0 Å². The molecule has 3 aliphatic rings. The Hall–Kier alpha value is -1.96. The van der Waals surface area contributed by atoms with Crippen LogP contribution >= 0.6 is 0 Å². The Morgan fingerprint density at radius 1 is 1.07 bits per heavy atom. The fourth-order valence-electron chi connectivity index (χ4n) is 4.97. The highest BCUT2D eigenvalue weighted by molar-refractivity contribution is 5.94. The van der Waals surface area contributed by atoms with Crippen LogP contribution in [0, 0.1) is 0 Å². The van der Waals surface area contributed by atoms with Crippen molar-refractivity contribution < 1.29 is 9.59 Å². The van der Waals surface area contributed by atoms with Crippen LogP contribution in [0.15, 0.2) is 24.3 Å². The average Bonchev–Trinajstić information content (AvgIpc) is 2.74. The summed E-state index contributed by atoms with van der Waals surface area (Å²) in [6.45, 7) is 10.4. The normalized spacial score (nSPS) is 22.4. The van der Waals surface area contributed by atoms with E-state index in [1.54, 1.807) is 0 Å². The van der Waals surface area contributed by atoms with Crippen LogP contribution in [0.3, 0.4) is 0 Å². The van der Waals surface area contributed by atoms with Crippen molar-refractivity contribution in [3.63, 3.8) is 0 Å². The molecule has 4 rings (SSSR count). The number of benzene rings is 1. The molecule has 0 bridgehead atoms. The van der Waals surface area contributed by atoms with Crippen molar-refractivity contribution >= 4 is 17.5 Å². The highest BCUT2D eigenvalue weighted by Gasteiger charge is 2.38. The van der Waals surface area contributed by atoms with Crippen LogP contribution in [0.2, 0.25) is 0 Å². The minimum Gasteiger partial charge on any atom is -0.352 e. The first-order valence-electron chi connectivity index (χ1n) is 11.6. The van der Waals surface area contributed by atoms with Gasteiger partial charge in [0.1, 0.15) is 5.69 Å². The van der Waals surface area contributed by atoms with Gasteiger partial charge in [-0.15, -0.1) is 0 Å². The fraction of sp³-hybridized carbons (Fsp3) is 0.652. The first-order chi connectivity index (χ1) is 14.6. The minimum atomic E-state index is -0.0451. The van der Waals surface area contributed by atoms with Crippen molar-refractivity contribution in [1.82, 2.24) is 24.9 Å². The molecule has 0 spiro atoms. The average molecular weight is 415 g/mol.